The highest BCUT2D eigenvalue weighted by Crippen LogP contribution is 2.18. The lowest BCUT2D eigenvalue weighted by Crippen LogP contribution is -2.52. The van der Waals surface area contributed by atoms with Crippen LogP contribution in [0.1, 0.15) is 93.4 Å². The fraction of sp³-hybridized carbons (Fsp3) is 0.880. The lowest BCUT2D eigenvalue weighted by Gasteiger charge is -2.35. The average molecular weight is 488 g/mol. The first-order valence-electron chi connectivity index (χ1n) is 12.6. The molecule has 0 bridgehead atoms. The van der Waals surface area contributed by atoms with Gasteiger partial charge in [-0.15, -0.1) is 0 Å². The van der Waals surface area contributed by atoms with Crippen LogP contribution < -0.4 is 10.6 Å². The number of nitrogens with one attached hydrogen (secondary N) is 2. The van der Waals surface area contributed by atoms with Crippen molar-refractivity contribution >= 4 is 18.1 Å². The Hall–Kier alpha value is -2.03. The summed E-state index contributed by atoms with van der Waals surface area (Å²) in [5, 5.41) is 14.6. The van der Waals surface area contributed by atoms with E-state index in [4.69, 9.17) is 14.6 Å². The fourth-order valence-electron chi connectivity index (χ4n) is 3.23. The quantitative estimate of drug-likeness (QED) is 0.222. The molecule has 0 rings (SSSR count). The molecule has 0 spiro atoms. The van der Waals surface area contributed by atoms with Crippen LogP contribution in [0.3, 0.4) is 0 Å². The van der Waals surface area contributed by atoms with E-state index >= 15 is 0 Å². The van der Waals surface area contributed by atoms with Crippen molar-refractivity contribution in [3.8, 4) is 0 Å². The minimum Gasteiger partial charge on any atom is -0.464 e. The maximum atomic E-state index is 12.6. The number of amides is 3. The van der Waals surface area contributed by atoms with Crippen LogP contribution in [0.25, 0.3) is 0 Å². The van der Waals surface area contributed by atoms with E-state index in [1.54, 1.807) is 18.7 Å². The number of unbranched alkanes of at least 4 members (excludes halogenated alkanes) is 4. The number of hydrogen-bond donors (Lipinski definition) is 3. The van der Waals surface area contributed by atoms with Crippen LogP contribution in [0.15, 0.2) is 0 Å². The van der Waals surface area contributed by atoms with Crippen molar-refractivity contribution in [1.29, 1.82) is 0 Å². The van der Waals surface area contributed by atoms with E-state index < -0.39 is 11.7 Å². The highest BCUT2D eigenvalue weighted by molar-refractivity contribution is 5.75. The van der Waals surface area contributed by atoms with Gasteiger partial charge in [0.1, 0.15) is 12.2 Å². The molecule has 0 aromatic carbocycles. The largest absolute Gasteiger partial charge is 0.464 e. The van der Waals surface area contributed by atoms with E-state index in [2.05, 4.69) is 10.6 Å². The van der Waals surface area contributed by atoms with Gasteiger partial charge in [-0.3, -0.25) is 4.79 Å². The molecular formula is C25H49N3O6. The molecule has 0 aliphatic carbocycles. The van der Waals surface area contributed by atoms with Gasteiger partial charge in [0.2, 0.25) is 0 Å². The van der Waals surface area contributed by atoms with Gasteiger partial charge in [-0.05, 0) is 66.7 Å². The van der Waals surface area contributed by atoms with Gasteiger partial charge in [0.15, 0.2) is 0 Å². The van der Waals surface area contributed by atoms with Crippen LogP contribution in [0.4, 0.5) is 9.59 Å². The van der Waals surface area contributed by atoms with Gasteiger partial charge in [0.25, 0.3) is 0 Å². The van der Waals surface area contributed by atoms with Crippen molar-refractivity contribution in [3.63, 3.8) is 0 Å². The molecule has 34 heavy (non-hydrogen) atoms. The third-order valence-corrected chi connectivity index (χ3v) is 5.29. The molecule has 0 saturated heterocycles. The number of aliphatic hydroxyl groups excluding tert-OH is 1. The number of alkyl carbamates (subject to hydrolysis) is 1. The van der Waals surface area contributed by atoms with E-state index in [1.807, 2.05) is 34.6 Å². The molecule has 0 fully saturated rings. The number of carbonyl (C=O) groups excluding carboxylic acids is 3. The van der Waals surface area contributed by atoms with E-state index in [-0.39, 0.29) is 36.7 Å². The predicted molar refractivity (Wildman–Crippen MR) is 134 cm³/mol. The summed E-state index contributed by atoms with van der Waals surface area (Å²) >= 11 is 0. The molecule has 0 heterocycles. The van der Waals surface area contributed by atoms with Crippen LogP contribution in [0.2, 0.25) is 0 Å². The smallest absolute Gasteiger partial charge is 0.407 e. The minimum atomic E-state index is -0.547. The van der Waals surface area contributed by atoms with Gasteiger partial charge in [-0.25, -0.2) is 9.59 Å². The number of urea groups is 1. The number of carbonyl (C=O) groups is 3. The highest BCUT2D eigenvalue weighted by Gasteiger charge is 2.26. The van der Waals surface area contributed by atoms with Crippen LogP contribution in [-0.2, 0) is 14.3 Å². The SMILES string of the molecule is CC(C)C(=O)OCCN(C(=O)NCCCCCCNC(=O)OC(C)(C)CCCCO)C(C)(C)C. The molecule has 0 aromatic rings. The molecule has 0 unspecified atom stereocenters. The molecule has 3 N–H and O–H groups in total. The highest BCUT2D eigenvalue weighted by atomic mass is 16.6. The molecule has 9 nitrogen and oxygen atoms in total. The third-order valence-electron chi connectivity index (χ3n) is 5.29. The summed E-state index contributed by atoms with van der Waals surface area (Å²) in [5.74, 6) is -0.453. The number of ether oxygens (including phenoxy) is 2. The Balaban J connectivity index is 4.04. The Morgan fingerprint density at radius 2 is 1.47 bits per heavy atom. The van der Waals surface area contributed by atoms with Gasteiger partial charge in [-0.1, -0.05) is 26.7 Å². The van der Waals surface area contributed by atoms with E-state index in [0.29, 0.717) is 32.5 Å². The Bertz CT molecular complexity index is 602. The Kier molecular flexibility index (Phi) is 15.6. The molecule has 9 heteroatoms. The van der Waals surface area contributed by atoms with Gasteiger partial charge < -0.3 is 30.1 Å². The van der Waals surface area contributed by atoms with Crippen molar-refractivity contribution in [2.75, 3.05) is 32.8 Å². The third kappa shape index (κ3) is 15.7. The zero-order valence-corrected chi connectivity index (χ0v) is 22.5. The summed E-state index contributed by atoms with van der Waals surface area (Å²) in [6.07, 6.45) is 5.36. The summed E-state index contributed by atoms with van der Waals surface area (Å²) in [6, 6.07) is -0.167. The fourth-order valence-corrected chi connectivity index (χ4v) is 3.23. The number of esters is 1. The molecule has 0 saturated carbocycles. The molecule has 0 aliphatic rings. The van der Waals surface area contributed by atoms with Crippen molar-refractivity contribution in [3.05, 3.63) is 0 Å². The molecule has 0 aliphatic heterocycles. The Labute approximate surface area is 206 Å². The van der Waals surface area contributed by atoms with Crippen LogP contribution in [0, 0.1) is 5.92 Å². The molecular weight excluding hydrogens is 438 g/mol. The maximum Gasteiger partial charge on any atom is 0.407 e. The first kappa shape index (κ1) is 32.0. The minimum absolute atomic E-state index is 0.149. The molecule has 3 amide bonds. The molecule has 0 radical (unpaired) electrons. The van der Waals surface area contributed by atoms with Crippen molar-refractivity contribution in [2.24, 2.45) is 5.92 Å². The van der Waals surface area contributed by atoms with Gasteiger partial charge in [0, 0.05) is 25.2 Å². The summed E-state index contributed by atoms with van der Waals surface area (Å²) in [6.45, 7) is 14.9. The number of rotatable bonds is 16. The van der Waals surface area contributed by atoms with Crippen molar-refractivity contribution in [1.82, 2.24) is 15.5 Å². The lowest BCUT2D eigenvalue weighted by atomic mass is 10.0. The summed E-state index contributed by atoms with van der Waals surface area (Å²) < 4.78 is 10.7. The molecule has 0 aromatic heterocycles. The summed E-state index contributed by atoms with van der Waals surface area (Å²) in [7, 11) is 0. The molecule has 0 atom stereocenters. The van der Waals surface area contributed by atoms with Crippen LogP contribution in [0.5, 0.6) is 0 Å². The van der Waals surface area contributed by atoms with Crippen LogP contribution >= 0.6 is 0 Å². The lowest BCUT2D eigenvalue weighted by molar-refractivity contribution is -0.147. The standard InChI is InChI=1S/C25H49N3O6/c1-20(2)21(30)33-19-17-28(24(3,4)5)22(31)26-15-11-8-9-12-16-27-23(32)34-25(6,7)14-10-13-18-29/h20,29H,8-19H2,1-7H3,(H,26,31)(H,27,32). The van der Waals surface area contributed by atoms with Gasteiger partial charge in [0.05, 0.1) is 12.5 Å². The van der Waals surface area contributed by atoms with E-state index in [1.165, 1.54) is 0 Å². The van der Waals surface area contributed by atoms with E-state index in [0.717, 1.165) is 32.1 Å². The number of aliphatic hydroxyl groups is 1. The zero-order chi connectivity index (χ0) is 26.2. The van der Waals surface area contributed by atoms with Gasteiger partial charge in [-0.2, -0.15) is 0 Å². The number of hydrogen-bond acceptors (Lipinski definition) is 6. The zero-order valence-electron chi connectivity index (χ0n) is 22.5. The monoisotopic (exact) mass is 487 g/mol. The average Bonchev–Trinajstić information content (AvgIpc) is 2.71. The summed E-state index contributed by atoms with van der Waals surface area (Å²) in [5.41, 5.74) is -0.934. The normalized spacial score (nSPS) is 11.8. The maximum absolute atomic E-state index is 12.6. The number of nitrogens with zero attached hydrogens (tertiary/aromatic N) is 1. The van der Waals surface area contributed by atoms with Crippen LogP contribution in [-0.4, -0.2) is 72.1 Å². The van der Waals surface area contributed by atoms with Crippen molar-refractivity contribution in [2.45, 2.75) is 105 Å². The topological polar surface area (TPSA) is 117 Å². The second-order valence-electron chi connectivity index (χ2n) is 10.5. The predicted octanol–water partition coefficient (Wildman–Crippen LogP) is 4.22. The molecule has 200 valence electrons. The second kappa shape index (κ2) is 16.6. The van der Waals surface area contributed by atoms with Gasteiger partial charge >= 0.3 is 18.1 Å². The first-order chi connectivity index (χ1) is 15.8. The Morgan fingerprint density at radius 1 is 0.882 bits per heavy atom. The van der Waals surface area contributed by atoms with E-state index in [9.17, 15) is 14.4 Å². The Morgan fingerprint density at radius 3 is 2.00 bits per heavy atom. The summed E-state index contributed by atoms with van der Waals surface area (Å²) in [4.78, 5) is 37.8. The first-order valence-corrected chi connectivity index (χ1v) is 12.6. The second-order valence-corrected chi connectivity index (χ2v) is 10.5. The van der Waals surface area contributed by atoms with Crippen molar-refractivity contribution < 1.29 is 29.0 Å².